The first-order valence-corrected chi connectivity index (χ1v) is 8.43. The molecule has 0 saturated heterocycles. The molecule has 1 nitrogen and oxygen atoms in total. The van der Waals surface area contributed by atoms with E-state index in [-0.39, 0.29) is 5.57 Å². The van der Waals surface area contributed by atoms with Crippen LogP contribution in [0.5, 0.6) is 0 Å². The predicted molar refractivity (Wildman–Crippen MR) is 103 cm³/mol. The minimum absolute atomic E-state index is 0.0207. The summed E-state index contributed by atoms with van der Waals surface area (Å²) >= 11 is 0. The molecule has 0 saturated carbocycles. The molecule has 3 heteroatoms. The maximum Gasteiger partial charge on any atom is 0.278 e. The third-order valence-corrected chi connectivity index (χ3v) is 4.54. The normalized spacial score (nSPS) is 10.9. The topological polar surface area (TPSA) is 4.93 Å². The minimum Gasteiger partial charge on any atom is -0.316 e. The molecule has 4 aromatic rings. The molecule has 0 unspecified atom stereocenters. The predicted octanol–water partition coefficient (Wildman–Crippen LogP) is 6.59. The van der Waals surface area contributed by atoms with Crippen molar-refractivity contribution < 1.29 is 8.78 Å². The van der Waals surface area contributed by atoms with Crippen LogP contribution in [0.3, 0.4) is 0 Å². The molecule has 26 heavy (non-hydrogen) atoms. The molecule has 1 heterocycles. The highest BCUT2D eigenvalue weighted by molar-refractivity contribution is 5.98. The van der Waals surface area contributed by atoms with Gasteiger partial charge >= 0.3 is 0 Å². The summed E-state index contributed by atoms with van der Waals surface area (Å²) < 4.78 is 29.8. The molecular formula is C23H17F2N. The Balaban J connectivity index is 1.99. The molecule has 3 aromatic carbocycles. The minimum atomic E-state index is -1.68. The van der Waals surface area contributed by atoms with Crippen molar-refractivity contribution in [2.45, 2.75) is 6.92 Å². The lowest BCUT2D eigenvalue weighted by atomic mass is 9.99. The van der Waals surface area contributed by atoms with Gasteiger partial charge in [0.25, 0.3) is 6.08 Å². The van der Waals surface area contributed by atoms with E-state index in [0.29, 0.717) is 11.1 Å². The van der Waals surface area contributed by atoms with Gasteiger partial charge in [-0.3, -0.25) is 0 Å². The van der Waals surface area contributed by atoms with E-state index in [1.165, 1.54) is 0 Å². The Labute approximate surface area is 150 Å². The zero-order valence-electron chi connectivity index (χ0n) is 14.3. The van der Waals surface area contributed by atoms with E-state index >= 15 is 0 Å². The van der Waals surface area contributed by atoms with Gasteiger partial charge < -0.3 is 4.57 Å². The Bertz CT molecular complexity index is 1090. The van der Waals surface area contributed by atoms with Gasteiger partial charge in [0, 0.05) is 22.8 Å². The van der Waals surface area contributed by atoms with E-state index in [9.17, 15) is 8.78 Å². The number of halogens is 2. The van der Waals surface area contributed by atoms with Crippen LogP contribution in [0.2, 0.25) is 0 Å². The van der Waals surface area contributed by atoms with E-state index in [0.717, 1.165) is 22.2 Å². The molecule has 1 aromatic heterocycles. The largest absolute Gasteiger partial charge is 0.316 e. The van der Waals surface area contributed by atoms with Crippen LogP contribution in [0, 0.1) is 6.92 Å². The second-order valence-electron chi connectivity index (χ2n) is 6.27. The maximum absolute atomic E-state index is 13.9. The second kappa shape index (κ2) is 6.60. The summed E-state index contributed by atoms with van der Waals surface area (Å²) in [6.07, 6.45) is 0.125. The number of hydrogen-bond acceptors (Lipinski definition) is 0. The number of hydrogen-bond donors (Lipinski definition) is 0. The van der Waals surface area contributed by atoms with E-state index in [2.05, 4.69) is 0 Å². The number of fused-ring (bicyclic) bond motifs is 1. The van der Waals surface area contributed by atoms with Gasteiger partial charge in [-0.2, -0.15) is 8.78 Å². The van der Waals surface area contributed by atoms with Crippen molar-refractivity contribution >= 4 is 16.5 Å². The number of aryl methyl sites for hydroxylation is 1. The molecule has 0 amide bonds. The average Bonchev–Trinajstić information content (AvgIpc) is 3.03. The van der Waals surface area contributed by atoms with Gasteiger partial charge in [0.2, 0.25) is 0 Å². The van der Waals surface area contributed by atoms with Gasteiger partial charge in [0.15, 0.2) is 0 Å². The van der Waals surface area contributed by atoms with Crippen molar-refractivity contribution in [3.63, 3.8) is 0 Å². The van der Waals surface area contributed by atoms with E-state index < -0.39 is 6.08 Å². The van der Waals surface area contributed by atoms with Crippen LogP contribution < -0.4 is 0 Å². The van der Waals surface area contributed by atoms with Gasteiger partial charge in [-0.05, 0) is 30.7 Å². The smallest absolute Gasteiger partial charge is 0.278 e. The summed E-state index contributed by atoms with van der Waals surface area (Å²) in [7, 11) is 0. The zero-order valence-corrected chi connectivity index (χ0v) is 14.3. The van der Waals surface area contributed by atoms with Crippen LogP contribution >= 0.6 is 0 Å². The van der Waals surface area contributed by atoms with Gasteiger partial charge in [0.05, 0.1) is 11.1 Å². The molecule has 4 rings (SSSR count). The molecular weight excluding hydrogens is 328 g/mol. The molecule has 128 valence electrons. The van der Waals surface area contributed by atoms with Crippen LogP contribution in [-0.4, -0.2) is 4.57 Å². The summed E-state index contributed by atoms with van der Waals surface area (Å²) in [5.41, 5.74) is 4.04. The lowest BCUT2D eigenvalue weighted by molar-refractivity contribution is 0.426. The fourth-order valence-corrected chi connectivity index (χ4v) is 3.27. The van der Waals surface area contributed by atoms with Crippen molar-refractivity contribution in [1.82, 2.24) is 4.57 Å². The molecule has 0 N–H and O–H groups in total. The number of benzene rings is 3. The number of nitrogens with zero attached hydrogens (tertiary/aromatic N) is 1. The van der Waals surface area contributed by atoms with Gasteiger partial charge in [-0.15, -0.1) is 0 Å². The Morgan fingerprint density at radius 1 is 0.769 bits per heavy atom. The maximum atomic E-state index is 13.9. The third kappa shape index (κ3) is 2.82. The quantitative estimate of drug-likeness (QED) is 0.394. The van der Waals surface area contributed by atoms with Crippen molar-refractivity contribution in [2.75, 3.05) is 0 Å². The highest BCUT2D eigenvalue weighted by Gasteiger charge is 2.18. The third-order valence-electron chi connectivity index (χ3n) is 4.54. The Hall–Kier alpha value is -3.20. The van der Waals surface area contributed by atoms with Gasteiger partial charge in [-0.1, -0.05) is 66.2 Å². The second-order valence-corrected chi connectivity index (χ2v) is 6.27. The first-order valence-electron chi connectivity index (χ1n) is 8.43. The molecule has 0 spiro atoms. The first kappa shape index (κ1) is 16.3. The standard InChI is InChI=1S/C23H17F2N/c1-16-11-13-18(14-12-16)26-15-20(19-9-5-6-10-21(19)26)22(23(24)25)17-7-3-2-4-8-17/h2-15H,1H3. The lowest BCUT2D eigenvalue weighted by Gasteiger charge is -2.06. The van der Waals surface area contributed by atoms with Crippen molar-refractivity contribution in [3.05, 3.63) is 108 Å². The van der Waals surface area contributed by atoms with Gasteiger partial charge in [-0.25, -0.2) is 0 Å². The lowest BCUT2D eigenvalue weighted by Crippen LogP contribution is -1.92. The summed E-state index contributed by atoms with van der Waals surface area (Å²) in [6, 6.07) is 24.5. The summed E-state index contributed by atoms with van der Waals surface area (Å²) in [6.45, 7) is 2.03. The first-order chi connectivity index (χ1) is 12.6. The fraction of sp³-hybridized carbons (Fsp3) is 0.0435. The Kier molecular flexibility index (Phi) is 4.13. The Morgan fingerprint density at radius 3 is 2.12 bits per heavy atom. The van der Waals surface area contributed by atoms with Crippen molar-refractivity contribution in [2.24, 2.45) is 0 Å². The molecule has 0 aliphatic heterocycles. The van der Waals surface area contributed by atoms with E-state index in [1.807, 2.05) is 66.1 Å². The van der Waals surface area contributed by atoms with Gasteiger partial charge in [0.1, 0.15) is 0 Å². The van der Waals surface area contributed by atoms with Crippen molar-refractivity contribution in [3.8, 4) is 5.69 Å². The van der Waals surface area contributed by atoms with Crippen LogP contribution in [0.1, 0.15) is 16.7 Å². The molecule has 0 aliphatic carbocycles. The van der Waals surface area contributed by atoms with Crippen LogP contribution in [-0.2, 0) is 0 Å². The fourth-order valence-electron chi connectivity index (χ4n) is 3.27. The van der Waals surface area contributed by atoms with Crippen molar-refractivity contribution in [1.29, 1.82) is 0 Å². The molecule has 0 radical (unpaired) electrons. The molecule has 0 atom stereocenters. The molecule has 0 fully saturated rings. The van der Waals surface area contributed by atoms with E-state index in [1.54, 1.807) is 30.5 Å². The summed E-state index contributed by atoms with van der Waals surface area (Å²) in [5, 5.41) is 0.805. The number of para-hydroxylation sites is 1. The molecule has 0 bridgehead atoms. The highest BCUT2D eigenvalue weighted by atomic mass is 19.3. The number of rotatable bonds is 3. The average molecular weight is 345 g/mol. The van der Waals surface area contributed by atoms with E-state index in [4.69, 9.17) is 0 Å². The van der Waals surface area contributed by atoms with Crippen LogP contribution in [0.4, 0.5) is 8.78 Å². The Morgan fingerprint density at radius 2 is 1.42 bits per heavy atom. The SMILES string of the molecule is Cc1ccc(-n2cc(C(=C(F)F)c3ccccc3)c3ccccc32)cc1. The highest BCUT2D eigenvalue weighted by Crippen LogP contribution is 2.35. The van der Waals surface area contributed by atoms with Crippen LogP contribution in [0.15, 0.2) is 91.1 Å². The summed E-state index contributed by atoms with van der Waals surface area (Å²) in [4.78, 5) is 0. The number of aromatic nitrogens is 1. The van der Waals surface area contributed by atoms with Crippen LogP contribution in [0.25, 0.3) is 22.2 Å². The molecule has 0 aliphatic rings. The monoisotopic (exact) mass is 345 g/mol. The zero-order chi connectivity index (χ0) is 18.1. The summed E-state index contributed by atoms with van der Waals surface area (Å²) in [5.74, 6) is 0.